The predicted molar refractivity (Wildman–Crippen MR) is 92.9 cm³/mol. The van der Waals surface area contributed by atoms with Crippen molar-refractivity contribution in [3.05, 3.63) is 69.2 Å². The number of carbonyl (C=O) groups excluding carboxylic acids is 2. The molecule has 1 amide bonds. The average Bonchev–Trinajstić information content (AvgIpc) is 3.30. The molecule has 1 aliphatic carbocycles. The van der Waals surface area contributed by atoms with E-state index in [1.807, 2.05) is 12.1 Å². The van der Waals surface area contributed by atoms with Crippen molar-refractivity contribution in [1.82, 2.24) is 5.32 Å². The number of cyclic esters (lactones) is 1. The summed E-state index contributed by atoms with van der Waals surface area (Å²) < 4.78 is 6.03. The number of fused-ring (bicyclic) bond motifs is 1. The number of ether oxygens (including phenoxy) is 1. The van der Waals surface area contributed by atoms with Gasteiger partial charge in [-0.05, 0) is 48.7 Å². The van der Waals surface area contributed by atoms with Crippen LogP contribution in [-0.4, -0.2) is 18.4 Å². The summed E-state index contributed by atoms with van der Waals surface area (Å²) in [5.74, 6) is -0.429. The maximum atomic E-state index is 12.5. The molecule has 4 nitrogen and oxygen atoms in total. The SMILES string of the molecule is O=C(NCC1(c2cccc(Br)c2)CC1)c1ccc2c(c1)COC2=O. The average molecular weight is 386 g/mol. The van der Waals surface area contributed by atoms with Crippen molar-refractivity contribution in [2.75, 3.05) is 6.54 Å². The molecule has 0 atom stereocenters. The fraction of sp³-hybridized carbons (Fsp3) is 0.263. The Morgan fingerprint density at radius 3 is 2.79 bits per heavy atom. The lowest BCUT2D eigenvalue weighted by atomic mass is 9.96. The molecule has 2 aromatic carbocycles. The van der Waals surface area contributed by atoms with E-state index in [4.69, 9.17) is 4.74 Å². The van der Waals surface area contributed by atoms with E-state index in [1.165, 1.54) is 5.56 Å². The second kappa shape index (κ2) is 5.74. The monoisotopic (exact) mass is 385 g/mol. The third kappa shape index (κ3) is 2.73. The molecule has 24 heavy (non-hydrogen) atoms. The van der Waals surface area contributed by atoms with Gasteiger partial charge in [0.15, 0.2) is 0 Å². The summed E-state index contributed by atoms with van der Waals surface area (Å²) in [4.78, 5) is 23.9. The lowest BCUT2D eigenvalue weighted by molar-refractivity contribution is 0.0535. The van der Waals surface area contributed by atoms with Gasteiger partial charge >= 0.3 is 5.97 Å². The van der Waals surface area contributed by atoms with Crippen molar-refractivity contribution in [3.8, 4) is 0 Å². The number of hydrogen-bond acceptors (Lipinski definition) is 3. The maximum absolute atomic E-state index is 12.5. The minimum Gasteiger partial charge on any atom is -0.457 e. The van der Waals surface area contributed by atoms with E-state index in [0.29, 0.717) is 17.7 Å². The van der Waals surface area contributed by atoms with Crippen LogP contribution in [0.2, 0.25) is 0 Å². The highest BCUT2D eigenvalue weighted by molar-refractivity contribution is 9.10. The van der Waals surface area contributed by atoms with Crippen molar-refractivity contribution in [2.24, 2.45) is 0 Å². The van der Waals surface area contributed by atoms with Crippen LogP contribution in [-0.2, 0) is 16.8 Å². The summed E-state index contributed by atoms with van der Waals surface area (Å²) in [5, 5.41) is 3.04. The van der Waals surface area contributed by atoms with Gasteiger partial charge in [0.25, 0.3) is 5.91 Å². The highest BCUT2D eigenvalue weighted by Crippen LogP contribution is 2.48. The first kappa shape index (κ1) is 15.4. The fourth-order valence-corrected chi connectivity index (χ4v) is 3.56. The Labute approximate surface area is 148 Å². The molecule has 2 aliphatic rings. The van der Waals surface area contributed by atoms with Crippen LogP contribution in [0.15, 0.2) is 46.9 Å². The maximum Gasteiger partial charge on any atom is 0.338 e. The van der Waals surface area contributed by atoms with Crippen molar-refractivity contribution in [2.45, 2.75) is 24.9 Å². The van der Waals surface area contributed by atoms with E-state index >= 15 is 0 Å². The van der Waals surface area contributed by atoms with Crippen LogP contribution in [0.25, 0.3) is 0 Å². The molecule has 1 aliphatic heterocycles. The Morgan fingerprint density at radius 1 is 1.21 bits per heavy atom. The van der Waals surface area contributed by atoms with Crippen LogP contribution < -0.4 is 5.32 Å². The van der Waals surface area contributed by atoms with E-state index in [1.54, 1.807) is 18.2 Å². The molecule has 5 heteroatoms. The van der Waals surface area contributed by atoms with Gasteiger partial charge in [0, 0.05) is 27.6 Å². The van der Waals surface area contributed by atoms with Crippen molar-refractivity contribution >= 4 is 27.8 Å². The number of esters is 1. The second-order valence-electron chi connectivity index (χ2n) is 6.42. The molecule has 1 saturated carbocycles. The normalized spacial score (nSPS) is 17.1. The zero-order valence-corrected chi connectivity index (χ0v) is 14.6. The van der Waals surface area contributed by atoms with Crippen LogP contribution in [0.5, 0.6) is 0 Å². The van der Waals surface area contributed by atoms with E-state index < -0.39 is 0 Å². The third-order valence-electron chi connectivity index (χ3n) is 4.82. The number of carbonyl (C=O) groups is 2. The molecular weight excluding hydrogens is 370 g/mol. The number of hydrogen-bond donors (Lipinski definition) is 1. The lowest BCUT2D eigenvalue weighted by Gasteiger charge is -2.17. The Bertz CT molecular complexity index is 842. The first-order valence-corrected chi connectivity index (χ1v) is 8.71. The van der Waals surface area contributed by atoms with E-state index in [9.17, 15) is 9.59 Å². The minimum absolute atomic E-state index is 0.0508. The van der Waals surface area contributed by atoms with Crippen molar-refractivity contribution in [3.63, 3.8) is 0 Å². The molecular formula is C19H16BrNO3. The second-order valence-corrected chi connectivity index (χ2v) is 7.34. The number of rotatable bonds is 4. The third-order valence-corrected chi connectivity index (χ3v) is 5.32. The largest absolute Gasteiger partial charge is 0.457 e. The number of nitrogens with one attached hydrogen (secondary N) is 1. The molecule has 122 valence electrons. The summed E-state index contributed by atoms with van der Waals surface area (Å²) in [7, 11) is 0. The highest BCUT2D eigenvalue weighted by atomic mass is 79.9. The Kier molecular flexibility index (Phi) is 3.68. The molecule has 0 aromatic heterocycles. The molecule has 1 heterocycles. The Morgan fingerprint density at radius 2 is 2.04 bits per heavy atom. The molecule has 0 bridgehead atoms. The number of halogens is 1. The summed E-state index contributed by atoms with van der Waals surface area (Å²) in [5.41, 5.74) is 3.21. The molecule has 0 unspecified atom stereocenters. The van der Waals surface area contributed by atoms with E-state index in [2.05, 4.69) is 33.4 Å². The molecule has 1 N–H and O–H groups in total. The Balaban J connectivity index is 1.47. The van der Waals surface area contributed by atoms with Crippen molar-refractivity contribution in [1.29, 1.82) is 0 Å². The zero-order chi connectivity index (χ0) is 16.7. The first-order valence-electron chi connectivity index (χ1n) is 7.92. The summed E-state index contributed by atoms with van der Waals surface area (Å²) in [6.45, 7) is 0.867. The Hall–Kier alpha value is -2.14. The molecule has 0 spiro atoms. The standard InChI is InChI=1S/C19H16BrNO3/c20-15-3-1-2-14(9-15)19(6-7-19)11-21-17(22)12-4-5-16-13(8-12)10-24-18(16)23/h1-5,8-9H,6-7,10-11H2,(H,21,22). The van der Waals surface area contributed by atoms with Crippen LogP contribution in [0.4, 0.5) is 0 Å². The van der Waals surface area contributed by atoms with Gasteiger partial charge in [-0.15, -0.1) is 0 Å². The van der Waals surface area contributed by atoms with Gasteiger partial charge < -0.3 is 10.1 Å². The van der Waals surface area contributed by atoms with E-state index in [0.717, 1.165) is 22.9 Å². The predicted octanol–water partition coefficient (Wildman–Crippen LogP) is 3.58. The molecule has 0 radical (unpaired) electrons. The van der Waals surface area contributed by atoms with Crippen LogP contribution in [0.1, 0.15) is 44.7 Å². The summed E-state index contributed by atoms with van der Waals surface area (Å²) >= 11 is 3.51. The van der Waals surface area contributed by atoms with Crippen LogP contribution in [0.3, 0.4) is 0 Å². The molecule has 0 saturated heterocycles. The van der Waals surface area contributed by atoms with Gasteiger partial charge in [-0.1, -0.05) is 28.1 Å². The van der Waals surface area contributed by atoms with E-state index in [-0.39, 0.29) is 23.9 Å². The number of benzene rings is 2. The summed E-state index contributed by atoms with van der Waals surface area (Å²) in [6, 6.07) is 13.4. The van der Waals surface area contributed by atoms with Gasteiger partial charge in [0.05, 0.1) is 5.56 Å². The quantitative estimate of drug-likeness (QED) is 0.818. The first-order chi connectivity index (χ1) is 11.6. The lowest BCUT2D eigenvalue weighted by Crippen LogP contribution is -2.32. The molecule has 4 rings (SSSR count). The van der Waals surface area contributed by atoms with Gasteiger partial charge in [-0.2, -0.15) is 0 Å². The van der Waals surface area contributed by atoms with Gasteiger partial charge in [-0.25, -0.2) is 4.79 Å². The molecule has 1 fully saturated rings. The number of amides is 1. The van der Waals surface area contributed by atoms with Crippen LogP contribution >= 0.6 is 15.9 Å². The van der Waals surface area contributed by atoms with Gasteiger partial charge in [0.2, 0.25) is 0 Å². The minimum atomic E-state index is -0.316. The van der Waals surface area contributed by atoms with Gasteiger partial charge in [-0.3, -0.25) is 4.79 Å². The molecule has 2 aromatic rings. The van der Waals surface area contributed by atoms with Crippen LogP contribution in [0, 0.1) is 0 Å². The zero-order valence-electron chi connectivity index (χ0n) is 13.0. The topological polar surface area (TPSA) is 55.4 Å². The van der Waals surface area contributed by atoms with Gasteiger partial charge in [0.1, 0.15) is 6.61 Å². The fourth-order valence-electron chi connectivity index (χ4n) is 3.16. The summed E-state index contributed by atoms with van der Waals surface area (Å²) in [6.07, 6.45) is 2.16. The smallest absolute Gasteiger partial charge is 0.338 e. The highest BCUT2D eigenvalue weighted by Gasteiger charge is 2.44. The van der Waals surface area contributed by atoms with Crippen molar-refractivity contribution < 1.29 is 14.3 Å².